The van der Waals surface area contributed by atoms with Crippen LogP contribution in [-0.4, -0.2) is 52.0 Å². The summed E-state index contributed by atoms with van der Waals surface area (Å²) in [5, 5.41) is 0. The van der Waals surface area contributed by atoms with Crippen LogP contribution in [0.15, 0.2) is 0 Å². The molecule has 0 aromatic heterocycles. The van der Waals surface area contributed by atoms with Gasteiger partial charge in [0.1, 0.15) is 6.17 Å². The van der Waals surface area contributed by atoms with Gasteiger partial charge in [0.2, 0.25) is 0 Å². The van der Waals surface area contributed by atoms with Crippen LogP contribution in [-0.2, 0) is 14.3 Å². The first-order valence-electron chi connectivity index (χ1n) is 4.68. The van der Waals surface area contributed by atoms with E-state index in [9.17, 15) is 12.8 Å². The minimum atomic E-state index is -3.36. The maximum absolute atomic E-state index is 12.9. The predicted molar refractivity (Wildman–Crippen MR) is 51.4 cm³/mol. The first-order valence-corrected chi connectivity index (χ1v) is 6.50. The van der Waals surface area contributed by atoms with Crippen molar-refractivity contribution in [1.29, 1.82) is 0 Å². The first kappa shape index (κ1) is 11.9. The maximum Gasteiger partial charge on any atom is 0.264 e. The average molecular weight is 225 g/mol. The summed E-state index contributed by atoms with van der Waals surface area (Å²) in [6, 6.07) is 0. The Morgan fingerprint density at radius 1 is 1.57 bits per heavy atom. The molecule has 0 saturated carbocycles. The Labute approximate surface area is 84.2 Å². The smallest absolute Gasteiger partial charge is 0.264 e. The third kappa shape index (κ3) is 4.88. The van der Waals surface area contributed by atoms with Crippen LogP contribution in [0.25, 0.3) is 0 Å². The Kier molecular flexibility index (Phi) is 4.28. The molecule has 0 aromatic rings. The quantitative estimate of drug-likeness (QED) is 0.650. The zero-order valence-electron chi connectivity index (χ0n) is 8.28. The number of halogens is 1. The Morgan fingerprint density at radius 2 is 2.29 bits per heavy atom. The Morgan fingerprint density at radius 3 is 2.86 bits per heavy atom. The molecule has 0 radical (unpaired) electrons. The van der Waals surface area contributed by atoms with Crippen molar-refractivity contribution in [1.82, 2.24) is 4.90 Å². The van der Waals surface area contributed by atoms with Crippen LogP contribution in [0.2, 0.25) is 0 Å². The molecule has 1 rings (SSSR count). The van der Waals surface area contributed by atoms with Crippen LogP contribution in [0.5, 0.6) is 0 Å². The SMILES string of the molecule is CS(=O)(=O)OCCN1CCC[C@H](F)C1. The van der Waals surface area contributed by atoms with Crippen LogP contribution in [0.3, 0.4) is 0 Å². The lowest BCUT2D eigenvalue weighted by Gasteiger charge is -2.28. The van der Waals surface area contributed by atoms with Gasteiger partial charge in [0.05, 0.1) is 12.9 Å². The third-order valence-corrected chi connectivity index (χ3v) is 2.75. The van der Waals surface area contributed by atoms with Crippen molar-refractivity contribution in [3.05, 3.63) is 0 Å². The van der Waals surface area contributed by atoms with E-state index in [1.807, 2.05) is 4.90 Å². The topological polar surface area (TPSA) is 46.6 Å². The molecule has 1 aliphatic rings. The molecule has 0 N–H and O–H groups in total. The van der Waals surface area contributed by atoms with Crippen LogP contribution in [0.4, 0.5) is 4.39 Å². The van der Waals surface area contributed by atoms with Gasteiger partial charge in [-0.2, -0.15) is 8.42 Å². The van der Waals surface area contributed by atoms with Gasteiger partial charge in [-0.15, -0.1) is 0 Å². The van der Waals surface area contributed by atoms with E-state index < -0.39 is 16.3 Å². The Balaban J connectivity index is 2.18. The highest BCUT2D eigenvalue weighted by molar-refractivity contribution is 7.85. The monoisotopic (exact) mass is 225 g/mol. The third-order valence-electron chi connectivity index (χ3n) is 2.15. The highest BCUT2D eigenvalue weighted by Crippen LogP contribution is 2.12. The molecule has 0 aliphatic carbocycles. The second-order valence-corrected chi connectivity index (χ2v) is 5.21. The summed E-state index contributed by atoms with van der Waals surface area (Å²) in [6.07, 6.45) is 1.69. The van der Waals surface area contributed by atoms with Gasteiger partial charge in [-0.3, -0.25) is 9.08 Å². The van der Waals surface area contributed by atoms with E-state index in [-0.39, 0.29) is 6.61 Å². The van der Waals surface area contributed by atoms with Crippen molar-refractivity contribution in [3.8, 4) is 0 Å². The van der Waals surface area contributed by atoms with E-state index in [1.54, 1.807) is 0 Å². The summed E-state index contributed by atoms with van der Waals surface area (Å²) in [4.78, 5) is 1.89. The molecule has 1 heterocycles. The van der Waals surface area contributed by atoms with E-state index in [4.69, 9.17) is 0 Å². The fraction of sp³-hybridized carbons (Fsp3) is 1.00. The van der Waals surface area contributed by atoms with Gasteiger partial charge in [0.15, 0.2) is 0 Å². The van der Waals surface area contributed by atoms with Crippen LogP contribution < -0.4 is 0 Å². The molecule has 0 aromatic carbocycles. The molecule has 1 atom stereocenters. The van der Waals surface area contributed by atoms with Crippen molar-refractivity contribution < 1.29 is 17.0 Å². The first-order chi connectivity index (χ1) is 6.47. The number of likely N-dealkylation sites (tertiary alicyclic amines) is 1. The van der Waals surface area contributed by atoms with Crippen LogP contribution >= 0.6 is 0 Å². The Hall–Kier alpha value is -0.200. The minimum Gasteiger partial charge on any atom is -0.298 e. The van der Waals surface area contributed by atoms with Crippen LogP contribution in [0.1, 0.15) is 12.8 Å². The van der Waals surface area contributed by atoms with Crippen molar-refractivity contribution in [2.45, 2.75) is 19.0 Å². The lowest BCUT2D eigenvalue weighted by molar-refractivity contribution is 0.122. The van der Waals surface area contributed by atoms with E-state index >= 15 is 0 Å². The summed E-state index contributed by atoms with van der Waals surface area (Å²) in [5.74, 6) is 0. The van der Waals surface area contributed by atoms with Gasteiger partial charge < -0.3 is 0 Å². The molecule has 0 spiro atoms. The largest absolute Gasteiger partial charge is 0.298 e. The molecule has 0 unspecified atom stereocenters. The zero-order chi connectivity index (χ0) is 10.6. The fourth-order valence-electron chi connectivity index (χ4n) is 1.52. The summed E-state index contributed by atoms with van der Waals surface area (Å²) in [7, 11) is -3.36. The molecular formula is C8H16FNO3S. The van der Waals surface area contributed by atoms with Gasteiger partial charge in [-0.05, 0) is 19.4 Å². The highest BCUT2D eigenvalue weighted by atomic mass is 32.2. The average Bonchev–Trinajstić information content (AvgIpc) is 2.01. The lowest BCUT2D eigenvalue weighted by Crippen LogP contribution is -2.38. The van der Waals surface area contributed by atoms with E-state index in [0.29, 0.717) is 19.5 Å². The minimum absolute atomic E-state index is 0.117. The molecule has 14 heavy (non-hydrogen) atoms. The standard InChI is InChI=1S/C8H16FNO3S/c1-14(11,12)13-6-5-10-4-2-3-8(9)7-10/h8H,2-7H2,1H3/t8-/m0/s1. The van der Waals surface area contributed by atoms with Crippen molar-refractivity contribution >= 4 is 10.1 Å². The summed E-state index contributed by atoms with van der Waals surface area (Å²) >= 11 is 0. The van der Waals surface area contributed by atoms with E-state index in [2.05, 4.69) is 4.18 Å². The van der Waals surface area contributed by atoms with E-state index in [0.717, 1.165) is 19.2 Å². The van der Waals surface area contributed by atoms with Gasteiger partial charge in [-0.1, -0.05) is 0 Å². The number of alkyl halides is 1. The predicted octanol–water partition coefficient (Wildman–Crippen LogP) is 0.397. The van der Waals surface area contributed by atoms with Crippen LogP contribution in [0, 0.1) is 0 Å². The van der Waals surface area contributed by atoms with E-state index in [1.165, 1.54) is 0 Å². The van der Waals surface area contributed by atoms with Gasteiger partial charge in [0.25, 0.3) is 10.1 Å². The molecule has 0 bridgehead atoms. The molecule has 4 nitrogen and oxygen atoms in total. The molecule has 0 amide bonds. The molecule has 84 valence electrons. The zero-order valence-corrected chi connectivity index (χ0v) is 9.09. The van der Waals surface area contributed by atoms with Gasteiger partial charge in [0, 0.05) is 13.1 Å². The second kappa shape index (κ2) is 5.04. The molecular weight excluding hydrogens is 209 g/mol. The summed E-state index contributed by atoms with van der Waals surface area (Å²) in [5.41, 5.74) is 0. The van der Waals surface area contributed by atoms with Gasteiger partial charge in [-0.25, -0.2) is 4.39 Å². The van der Waals surface area contributed by atoms with Crippen molar-refractivity contribution in [3.63, 3.8) is 0 Å². The lowest BCUT2D eigenvalue weighted by atomic mass is 10.1. The van der Waals surface area contributed by atoms with Gasteiger partial charge >= 0.3 is 0 Å². The number of hydrogen-bond acceptors (Lipinski definition) is 4. The number of hydrogen-bond donors (Lipinski definition) is 0. The summed E-state index contributed by atoms with van der Waals surface area (Å²) in [6.45, 7) is 1.82. The highest BCUT2D eigenvalue weighted by Gasteiger charge is 2.18. The number of rotatable bonds is 4. The second-order valence-electron chi connectivity index (χ2n) is 3.57. The maximum atomic E-state index is 12.9. The Bertz CT molecular complexity index is 268. The molecule has 1 saturated heterocycles. The molecule has 1 fully saturated rings. The van der Waals surface area contributed by atoms with Crippen molar-refractivity contribution in [2.75, 3.05) is 32.5 Å². The molecule has 6 heteroatoms. The molecule has 1 aliphatic heterocycles. The normalized spacial score (nSPS) is 25.1. The number of nitrogens with zero attached hydrogens (tertiary/aromatic N) is 1. The number of piperidine rings is 1. The van der Waals surface area contributed by atoms with Crippen molar-refractivity contribution in [2.24, 2.45) is 0 Å². The summed E-state index contributed by atoms with van der Waals surface area (Å²) < 4.78 is 38.7. The fourth-order valence-corrected chi connectivity index (χ4v) is 1.90.